The number of ether oxygens (including phenoxy) is 3. The predicted molar refractivity (Wildman–Crippen MR) is 298 cm³/mol. The average molecular weight is 972 g/mol. The molecule has 0 aliphatic heterocycles. The van der Waals surface area contributed by atoms with E-state index < -0.39 is 6.10 Å². The molecule has 1 unspecified atom stereocenters. The normalized spacial score (nSPS) is 12.1. The van der Waals surface area contributed by atoms with Gasteiger partial charge < -0.3 is 14.2 Å². The fourth-order valence-corrected chi connectivity index (χ4v) is 9.30. The molecule has 0 N–H and O–H groups in total. The van der Waals surface area contributed by atoms with E-state index in [0.717, 1.165) is 64.2 Å². The van der Waals surface area contributed by atoms with E-state index in [1.807, 2.05) is 0 Å². The van der Waals surface area contributed by atoms with Crippen molar-refractivity contribution < 1.29 is 28.6 Å². The van der Waals surface area contributed by atoms with Crippen molar-refractivity contribution in [2.45, 2.75) is 348 Å². The van der Waals surface area contributed by atoms with Gasteiger partial charge in [-0.05, 0) is 51.4 Å². The highest BCUT2D eigenvalue weighted by Crippen LogP contribution is 2.17. The van der Waals surface area contributed by atoms with Crippen LogP contribution in [0.3, 0.4) is 0 Å². The quantitative estimate of drug-likeness (QED) is 0.0261. The fourth-order valence-electron chi connectivity index (χ4n) is 9.30. The molecule has 6 nitrogen and oxygen atoms in total. The molecule has 0 aromatic rings. The molecule has 6 heteroatoms. The Hall–Kier alpha value is -2.11. The maximum atomic E-state index is 12.8. The minimum atomic E-state index is -0.764. The standard InChI is InChI=1S/C63H118O6/c1-4-7-10-13-16-18-20-22-24-26-27-28-29-30-31-32-33-34-35-37-38-40-42-44-47-50-53-56-62(65)68-59-60(58-67-61(64)55-52-49-46-15-12-9-6-3)69-63(66)57-54-51-48-45-43-41-39-36-25-23-21-19-17-14-11-8-5-2/h20,22,26-27,60H,4-19,21,23-25,28-59H2,1-3H3/b22-20-,27-26-. The first-order chi connectivity index (χ1) is 34.0. The number of rotatable bonds is 57. The zero-order valence-electron chi connectivity index (χ0n) is 46.6. The maximum absolute atomic E-state index is 12.8. The molecule has 1 atom stereocenters. The van der Waals surface area contributed by atoms with Gasteiger partial charge >= 0.3 is 17.9 Å². The van der Waals surface area contributed by atoms with Crippen LogP contribution >= 0.6 is 0 Å². The zero-order valence-corrected chi connectivity index (χ0v) is 46.6. The second-order valence-electron chi connectivity index (χ2n) is 21.0. The minimum Gasteiger partial charge on any atom is -0.462 e. The van der Waals surface area contributed by atoms with Crippen molar-refractivity contribution in [2.75, 3.05) is 13.2 Å². The monoisotopic (exact) mass is 971 g/mol. The maximum Gasteiger partial charge on any atom is 0.306 e. The average Bonchev–Trinajstić information content (AvgIpc) is 3.35. The summed E-state index contributed by atoms with van der Waals surface area (Å²) < 4.78 is 16.8. The summed E-state index contributed by atoms with van der Waals surface area (Å²) in [5, 5.41) is 0. The second-order valence-corrected chi connectivity index (χ2v) is 21.0. The Balaban J connectivity index is 4.06. The summed E-state index contributed by atoms with van der Waals surface area (Å²) in [6.07, 6.45) is 69.2. The van der Waals surface area contributed by atoms with Gasteiger partial charge in [-0.15, -0.1) is 0 Å². The third-order valence-electron chi connectivity index (χ3n) is 14.0. The van der Waals surface area contributed by atoms with Crippen LogP contribution in [-0.4, -0.2) is 37.2 Å². The SMILES string of the molecule is CCCCCCC/C=C\C/C=C\CCCCCCCCCCCCCCCCCC(=O)OCC(COC(=O)CCCCCCCCC)OC(=O)CCCCCCCCCCCCCCCCCCC. The number of hydrogen-bond acceptors (Lipinski definition) is 6. The van der Waals surface area contributed by atoms with Gasteiger partial charge in [0.05, 0.1) is 0 Å². The molecular formula is C63H118O6. The van der Waals surface area contributed by atoms with Crippen LogP contribution < -0.4 is 0 Å². The van der Waals surface area contributed by atoms with E-state index in [4.69, 9.17) is 14.2 Å². The molecule has 0 heterocycles. The molecular weight excluding hydrogens is 853 g/mol. The molecule has 0 fully saturated rings. The van der Waals surface area contributed by atoms with Crippen LogP contribution in [0.4, 0.5) is 0 Å². The largest absolute Gasteiger partial charge is 0.462 e. The lowest BCUT2D eigenvalue weighted by Gasteiger charge is -2.18. The number of esters is 3. The molecule has 0 bridgehead atoms. The first kappa shape index (κ1) is 66.9. The van der Waals surface area contributed by atoms with Crippen molar-refractivity contribution in [2.24, 2.45) is 0 Å². The van der Waals surface area contributed by atoms with Gasteiger partial charge in [0, 0.05) is 19.3 Å². The Kier molecular flexibility index (Phi) is 56.7. The lowest BCUT2D eigenvalue weighted by molar-refractivity contribution is -0.167. The number of unbranched alkanes of at least 4 members (excludes halogenated alkanes) is 42. The number of carbonyl (C=O) groups is 3. The van der Waals surface area contributed by atoms with E-state index in [-0.39, 0.29) is 31.1 Å². The first-order valence-corrected chi connectivity index (χ1v) is 30.8. The first-order valence-electron chi connectivity index (χ1n) is 30.8. The second kappa shape index (κ2) is 58.5. The van der Waals surface area contributed by atoms with E-state index in [9.17, 15) is 14.4 Å². The third kappa shape index (κ3) is 56.7. The van der Waals surface area contributed by atoms with Gasteiger partial charge in [-0.1, -0.05) is 295 Å². The number of hydrogen-bond donors (Lipinski definition) is 0. The van der Waals surface area contributed by atoms with Gasteiger partial charge in [0.25, 0.3) is 0 Å². The van der Waals surface area contributed by atoms with E-state index in [1.165, 1.54) is 238 Å². The Morgan fingerprint density at radius 3 is 0.797 bits per heavy atom. The van der Waals surface area contributed by atoms with Crippen molar-refractivity contribution in [3.8, 4) is 0 Å². The Morgan fingerprint density at radius 1 is 0.290 bits per heavy atom. The summed E-state index contributed by atoms with van der Waals surface area (Å²) in [6.45, 7) is 6.64. The minimum absolute atomic E-state index is 0.0655. The van der Waals surface area contributed by atoms with Crippen molar-refractivity contribution >= 4 is 17.9 Å². The smallest absolute Gasteiger partial charge is 0.306 e. The topological polar surface area (TPSA) is 78.9 Å². The molecule has 0 saturated carbocycles. The van der Waals surface area contributed by atoms with Crippen molar-refractivity contribution in [1.82, 2.24) is 0 Å². The summed E-state index contributed by atoms with van der Waals surface area (Å²) in [5.74, 6) is -0.849. The molecule has 0 aliphatic rings. The van der Waals surface area contributed by atoms with Gasteiger partial charge in [0.2, 0.25) is 0 Å². The highest BCUT2D eigenvalue weighted by Gasteiger charge is 2.19. The highest BCUT2D eigenvalue weighted by molar-refractivity contribution is 5.71. The molecule has 0 spiro atoms. The van der Waals surface area contributed by atoms with Crippen molar-refractivity contribution in [1.29, 1.82) is 0 Å². The molecule has 0 saturated heterocycles. The Labute approximate surface area is 430 Å². The predicted octanol–water partition coefficient (Wildman–Crippen LogP) is 20.7. The van der Waals surface area contributed by atoms with Crippen LogP contribution in [0.2, 0.25) is 0 Å². The molecule has 69 heavy (non-hydrogen) atoms. The van der Waals surface area contributed by atoms with Gasteiger partial charge in [-0.2, -0.15) is 0 Å². The van der Waals surface area contributed by atoms with E-state index in [2.05, 4.69) is 45.1 Å². The Morgan fingerprint density at radius 2 is 0.522 bits per heavy atom. The summed E-state index contributed by atoms with van der Waals surface area (Å²) in [4.78, 5) is 38.0. The summed E-state index contributed by atoms with van der Waals surface area (Å²) >= 11 is 0. The number of allylic oxidation sites excluding steroid dienone is 4. The summed E-state index contributed by atoms with van der Waals surface area (Å²) in [7, 11) is 0. The van der Waals surface area contributed by atoms with Crippen LogP contribution in [0.5, 0.6) is 0 Å². The van der Waals surface area contributed by atoms with E-state index >= 15 is 0 Å². The zero-order chi connectivity index (χ0) is 50.0. The lowest BCUT2D eigenvalue weighted by Crippen LogP contribution is -2.30. The van der Waals surface area contributed by atoms with Crippen LogP contribution in [0.1, 0.15) is 342 Å². The summed E-state index contributed by atoms with van der Waals surface area (Å²) in [5.41, 5.74) is 0. The fraction of sp³-hybridized carbons (Fsp3) is 0.889. The lowest BCUT2D eigenvalue weighted by atomic mass is 10.0. The molecule has 0 aliphatic carbocycles. The van der Waals surface area contributed by atoms with Crippen LogP contribution in [0.15, 0.2) is 24.3 Å². The molecule has 0 rings (SSSR count). The van der Waals surface area contributed by atoms with Gasteiger partial charge in [0.1, 0.15) is 13.2 Å². The molecule has 0 aromatic carbocycles. The van der Waals surface area contributed by atoms with E-state index in [1.54, 1.807) is 0 Å². The van der Waals surface area contributed by atoms with Crippen LogP contribution in [0.25, 0.3) is 0 Å². The molecule has 406 valence electrons. The van der Waals surface area contributed by atoms with E-state index in [0.29, 0.717) is 19.3 Å². The Bertz CT molecular complexity index is 1110. The molecule has 0 amide bonds. The highest BCUT2D eigenvalue weighted by atomic mass is 16.6. The van der Waals surface area contributed by atoms with Crippen molar-refractivity contribution in [3.63, 3.8) is 0 Å². The van der Waals surface area contributed by atoms with Crippen molar-refractivity contribution in [3.05, 3.63) is 24.3 Å². The summed E-state index contributed by atoms with van der Waals surface area (Å²) in [6, 6.07) is 0. The third-order valence-corrected chi connectivity index (χ3v) is 14.0. The number of carbonyl (C=O) groups excluding carboxylic acids is 3. The van der Waals surface area contributed by atoms with Crippen LogP contribution in [-0.2, 0) is 28.6 Å². The van der Waals surface area contributed by atoms with Crippen LogP contribution in [0, 0.1) is 0 Å². The molecule has 0 aromatic heterocycles. The molecule has 0 radical (unpaired) electrons. The van der Waals surface area contributed by atoms with Gasteiger partial charge in [-0.3, -0.25) is 14.4 Å². The van der Waals surface area contributed by atoms with Gasteiger partial charge in [0.15, 0.2) is 6.10 Å². The van der Waals surface area contributed by atoms with Gasteiger partial charge in [-0.25, -0.2) is 0 Å².